The highest BCUT2D eigenvalue weighted by Crippen LogP contribution is 2.32. The van der Waals surface area contributed by atoms with E-state index in [0.717, 1.165) is 6.42 Å². The van der Waals surface area contributed by atoms with Crippen LogP contribution in [-0.4, -0.2) is 0 Å². The highest BCUT2D eigenvalue weighted by atomic mass is 32.1. The van der Waals surface area contributed by atoms with Crippen LogP contribution < -0.4 is 0 Å². The Morgan fingerprint density at radius 2 is 2.00 bits per heavy atom. The molecule has 0 aliphatic carbocycles. The summed E-state index contributed by atoms with van der Waals surface area (Å²) in [4.78, 5) is 0. The molecule has 0 saturated heterocycles. The molecule has 0 unspecified atom stereocenters. The summed E-state index contributed by atoms with van der Waals surface area (Å²) in [6.07, 6.45) is 1.13. The first-order valence-electron chi connectivity index (χ1n) is 5.23. The first kappa shape index (κ1) is 9.72. The van der Waals surface area contributed by atoms with Crippen LogP contribution >= 0.6 is 11.3 Å². The van der Waals surface area contributed by atoms with E-state index in [2.05, 4.69) is 44.4 Å². The lowest BCUT2D eigenvalue weighted by Crippen LogP contribution is -1.89. The molecular weight excluding hydrogens is 188 g/mol. The molecule has 0 bridgehead atoms. The van der Waals surface area contributed by atoms with Crippen LogP contribution in [0.2, 0.25) is 0 Å². The van der Waals surface area contributed by atoms with E-state index in [1.807, 2.05) is 11.3 Å². The smallest absolute Gasteiger partial charge is 0.0380 e. The Labute approximate surface area is 89.6 Å². The number of hydrogen-bond donors (Lipinski definition) is 0. The maximum absolute atomic E-state index is 2.29. The molecule has 0 amide bonds. The molecule has 0 N–H and O–H groups in total. The fourth-order valence-electron chi connectivity index (χ4n) is 1.90. The second kappa shape index (κ2) is 3.74. The average molecular weight is 204 g/mol. The molecule has 0 spiro atoms. The lowest BCUT2D eigenvalue weighted by Gasteiger charge is -2.09. The predicted molar refractivity (Wildman–Crippen MR) is 65.3 cm³/mol. The Bertz CT molecular complexity index is 437. The van der Waals surface area contributed by atoms with Crippen LogP contribution in [0, 0.1) is 0 Å². The molecule has 0 atom stereocenters. The summed E-state index contributed by atoms with van der Waals surface area (Å²) in [6.45, 7) is 6.75. The minimum Gasteiger partial charge on any atom is -0.144 e. The van der Waals surface area contributed by atoms with Gasteiger partial charge in [0, 0.05) is 4.70 Å². The molecule has 74 valence electrons. The number of thiophene rings is 1. The van der Waals surface area contributed by atoms with Crippen LogP contribution in [-0.2, 0) is 6.42 Å². The van der Waals surface area contributed by atoms with E-state index < -0.39 is 0 Å². The topological polar surface area (TPSA) is 0 Å². The maximum Gasteiger partial charge on any atom is 0.0380 e. The number of rotatable bonds is 2. The normalized spacial score (nSPS) is 11.4. The van der Waals surface area contributed by atoms with Crippen molar-refractivity contribution in [2.75, 3.05) is 0 Å². The molecular formula is C13H16S. The summed E-state index contributed by atoms with van der Waals surface area (Å²) in [7, 11) is 0. The van der Waals surface area contributed by atoms with E-state index in [1.54, 1.807) is 0 Å². The van der Waals surface area contributed by atoms with E-state index in [0.29, 0.717) is 5.92 Å². The van der Waals surface area contributed by atoms with Crippen molar-refractivity contribution in [2.24, 2.45) is 0 Å². The molecule has 2 rings (SSSR count). The van der Waals surface area contributed by atoms with E-state index in [9.17, 15) is 0 Å². The predicted octanol–water partition coefficient (Wildman–Crippen LogP) is 4.59. The average Bonchev–Trinajstić information content (AvgIpc) is 2.64. The van der Waals surface area contributed by atoms with Crippen LogP contribution in [0.25, 0.3) is 10.1 Å². The van der Waals surface area contributed by atoms with Crippen molar-refractivity contribution >= 4 is 21.4 Å². The molecule has 0 radical (unpaired) electrons. The SMILES string of the molecule is CCc1ccc(C(C)C)c2sccc12. The lowest BCUT2D eigenvalue weighted by molar-refractivity contribution is 0.877. The Morgan fingerprint density at radius 3 is 2.64 bits per heavy atom. The van der Waals surface area contributed by atoms with Crippen molar-refractivity contribution in [1.29, 1.82) is 0 Å². The lowest BCUT2D eigenvalue weighted by atomic mass is 9.98. The van der Waals surface area contributed by atoms with Crippen molar-refractivity contribution in [3.05, 3.63) is 34.7 Å². The van der Waals surface area contributed by atoms with Gasteiger partial charge in [-0.1, -0.05) is 32.9 Å². The van der Waals surface area contributed by atoms with Crippen LogP contribution in [0.4, 0.5) is 0 Å². The molecule has 1 aromatic heterocycles. The van der Waals surface area contributed by atoms with Gasteiger partial charge in [0.25, 0.3) is 0 Å². The number of aryl methyl sites for hydroxylation is 1. The summed E-state index contributed by atoms with van der Waals surface area (Å²) in [6, 6.07) is 6.83. The van der Waals surface area contributed by atoms with Crippen LogP contribution in [0.1, 0.15) is 37.8 Å². The molecule has 14 heavy (non-hydrogen) atoms. The zero-order chi connectivity index (χ0) is 10.1. The summed E-state index contributed by atoms with van der Waals surface area (Å²) in [5.41, 5.74) is 2.97. The maximum atomic E-state index is 2.29. The van der Waals surface area contributed by atoms with Crippen LogP contribution in [0.3, 0.4) is 0 Å². The van der Waals surface area contributed by atoms with E-state index in [-0.39, 0.29) is 0 Å². The molecule has 1 aromatic carbocycles. The van der Waals surface area contributed by atoms with Gasteiger partial charge in [-0.3, -0.25) is 0 Å². The minimum atomic E-state index is 0.627. The number of hydrogen-bond acceptors (Lipinski definition) is 1. The molecule has 0 saturated carbocycles. The fourth-order valence-corrected chi connectivity index (χ4v) is 3.01. The number of fused-ring (bicyclic) bond motifs is 1. The van der Waals surface area contributed by atoms with Gasteiger partial charge in [-0.25, -0.2) is 0 Å². The van der Waals surface area contributed by atoms with Crippen LogP contribution in [0.15, 0.2) is 23.6 Å². The summed E-state index contributed by atoms with van der Waals surface area (Å²) in [5, 5.41) is 3.67. The summed E-state index contributed by atoms with van der Waals surface area (Å²) in [5.74, 6) is 0.627. The summed E-state index contributed by atoms with van der Waals surface area (Å²) < 4.78 is 1.49. The van der Waals surface area contributed by atoms with E-state index >= 15 is 0 Å². The quantitative estimate of drug-likeness (QED) is 0.671. The highest BCUT2D eigenvalue weighted by Gasteiger charge is 2.08. The third kappa shape index (κ3) is 1.46. The number of benzene rings is 1. The Morgan fingerprint density at radius 1 is 1.21 bits per heavy atom. The van der Waals surface area contributed by atoms with Crippen LogP contribution in [0.5, 0.6) is 0 Å². The van der Waals surface area contributed by atoms with Crippen molar-refractivity contribution in [1.82, 2.24) is 0 Å². The van der Waals surface area contributed by atoms with Gasteiger partial charge in [-0.2, -0.15) is 0 Å². The molecule has 0 nitrogen and oxygen atoms in total. The molecule has 2 aromatic rings. The Kier molecular flexibility index (Phi) is 2.60. The summed E-state index contributed by atoms with van der Waals surface area (Å²) >= 11 is 1.87. The fraction of sp³-hybridized carbons (Fsp3) is 0.385. The molecule has 0 fully saturated rings. The zero-order valence-electron chi connectivity index (χ0n) is 9.00. The monoisotopic (exact) mass is 204 g/mol. The largest absolute Gasteiger partial charge is 0.144 e. The molecule has 1 heterocycles. The Balaban J connectivity index is 2.72. The Hall–Kier alpha value is -0.820. The van der Waals surface area contributed by atoms with E-state index in [4.69, 9.17) is 0 Å². The standard InChI is InChI=1S/C13H16S/c1-4-10-5-6-11(9(2)3)13-12(10)7-8-14-13/h5-9H,4H2,1-3H3. The van der Waals surface area contributed by atoms with Gasteiger partial charge in [0.1, 0.15) is 0 Å². The van der Waals surface area contributed by atoms with Crippen molar-refractivity contribution < 1.29 is 0 Å². The second-order valence-electron chi connectivity index (χ2n) is 3.99. The van der Waals surface area contributed by atoms with Crippen molar-refractivity contribution in [3.8, 4) is 0 Å². The third-order valence-electron chi connectivity index (χ3n) is 2.74. The first-order chi connectivity index (χ1) is 6.74. The van der Waals surface area contributed by atoms with E-state index in [1.165, 1.54) is 21.2 Å². The molecule has 0 aliphatic rings. The highest BCUT2D eigenvalue weighted by molar-refractivity contribution is 7.17. The third-order valence-corrected chi connectivity index (χ3v) is 3.70. The van der Waals surface area contributed by atoms with Gasteiger partial charge in [-0.15, -0.1) is 11.3 Å². The van der Waals surface area contributed by atoms with Crippen molar-refractivity contribution in [3.63, 3.8) is 0 Å². The zero-order valence-corrected chi connectivity index (χ0v) is 9.82. The molecule has 0 aliphatic heterocycles. The molecule has 1 heteroatoms. The van der Waals surface area contributed by atoms with Crippen molar-refractivity contribution in [2.45, 2.75) is 33.1 Å². The van der Waals surface area contributed by atoms with Gasteiger partial charge in [0.05, 0.1) is 0 Å². The van der Waals surface area contributed by atoms with Gasteiger partial charge >= 0.3 is 0 Å². The second-order valence-corrected chi connectivity index (χ2v) is 4.90. The first-order valence-corrected chi connectivity index (χ1v) is 6.11. The van der Waals surface area contributed by atoms with Gasteiger partial charge in [-0.05, 0) is 40.3 Å². The van der Waals surface area contributed by atoms with Gasteiger partial charge < -0.3 is 0 Å². The minimum absolute atomic E-state index is 0.627. The van der Waals surface area contributed by atoms with Gasteiger partial charge in [0.2, 0.25) is 0 Å². The van der Waals surface area contributed by atoms with Gasteiger partial charge in [0.15, 0.2) is 0 Å².